The quantitative estimate of drug-likeness (QED) is 0.234. The van der Waals surface area contributed by atoms with Crippen LogP contribution in [0.15, 0.2) is 47.4 Å². The van der Waals surface area contributed by atoms with Crippen LogP contribution < -0.4 is 5.32 Å². The summed E-state index contributed by atoms with van der Waals surface area (Å²) in [4.78, 5) is 31.2. The van der Waals surface area contributed by atoms with E-state index in [-0.39, 0.29) is 5.69 Å². The summed E-state index contributed by atoms with van der Waals surface area (Å²) in [6.45, 7) is 0. The Balaban J connectivity index is 2.30. The lowest BCUT2D eigenvalue weighted by atomic mass is 10.1. The van der Waals surface area contributed by atoms with Crippen LogP contribution in [0.25, 0.3) is 0 Å². The number of rotatable bonds is 7. The van der Waals surface area contributed by atoms with E-state index in [9.17, 15) is 55.8 Å². The summed E-state index contributed by atoms with van der Waals surface area (Å²) >= 11 is -1.10. The standard InChI is InChI=1S/C16H8F7N3O5S/c17-14(18,15(19,20)21)16(22,23)32-12-3-1-2-9(6-12)24-13(27)8-4-10(25(28)29)7-11(5-8)26(30)31/h1-7H,(H,24,27). The monoisotopic (exact) mass is 487 g/mol. The summed E-state index contributed by atoms with van der Waals surface area (Å²) in [5.41, 5.74) is -2.54. The number of hydrogen-bond acceptors (Lipinski definition) is 6. The van der Waals surface area contributed by atoms with Gasteiger partial charge in [0.2, 0.25) is 0 Å². The Morgan fingerprint density at radius 2 is 1.41 bits per heavy atom. The van der Waals surface area contributed by atoms with Gasteiger partial charge in [-0.05, 0) is 30.0 Å². The van der Waals surface area contributed by atoms with Crippen molar-refractivity contribution < 1.29 is 45.4 Å². The minimum atomic E-state index is -6.52. The molecule has 32 heavy (non-hydrogen) atoms. The van der Waals surface area contributed by atoms with Crippen LogP contribution in [0.3, 0.4) is 0 Å². The van der Waals surface area contributed by atoms with Crippen molar-refractivity contribution in [3.8, 4) is 0 Å². The van der Waals surface area contributed by atoms with Crippen LogP contribution in [0.2, 0.25) is 0 Å². The van der Waals surface area contributed by atoms with Gasteiger partial charge in [-0.25, -0.2) is 0 Å². The molecule has 0 aromatic heterocycles. The van der Waals surface area contributed by atoms with Crippen molar-refractivity contribution in [3.63, 3.8) is 0 Å². The molecule has 0 saturated heterocycles. The van der Waals surface area contributed by atoms with Crippen LogP contribution in [0, 0.1) is 20.2 Å². The second kappa shape index (κ2) is 8.60. The molecule has 2 aromatic carbocycles. The van der Waals surface area contributed by atoms with Crippen molar-refractivity contribution >= 4 is 34.7 Å². The fourth-order valence-corrected chi connectivity index (χ4v) is 3.03. The van der Waals surface area contributed by atoms with Crippen molar-refractivity contribution in [1.29, 1.82) is 0 Å². The number of alkyl halides is 7. The number of nitrogens with one attached hydrogen (secondary N) is 1. The molecule has 2 rings (SSSR count). The van der Waals surface area contributed by atoms with Crippen LogP contribution in [-0.4, -0.2) is 33.1 Å². The smallest absolute Gasteiger partial charge is 0.322 e. The molecule has 1 amide bonds. The van der Waals surface area contributed by atoms with Crippen LogP contribution in [0.5, 0.6) is 0 Å². The second-order valence-corrected chi connectivity index (χ2v) is 7.11. The molecule has 2 aromatic rings. The zero-order chi connectivity index (χ0) is 24.5. The van der Waals surface area contributed by atoms with Crippen molar-refractivity contribution in [2.75, 3.05) is 5.32 Å². The summed E-state index contributed by atoms with van der Waals surface area (Å²) in [7, 11) is 0. The summed E-state index contributed by atoms with van der Waals surface area (Å²) in [5, 5.41) is 18.2. The highest BCUT2D eigenvalue weighted by molar-refractivity contribution is 8.00. The Morgan fingerprint density at radius 1 is 0.875 bits per heavy atom. The van der Waals surface area contributed by atoms with E-state index >= 15 is 0 Å². The lowest BCUT2D eigenvalue weighted by molar-refractivity contribution is -0.394. The summed E-state index contributed by atoms with van der Waals surface area (Å²) in [6.07, 6.45) is -6.52. The second-order valence-electron chi connectivity index (χ2n) is 5.93. The van der Waals surface area contributed by atoms with Crippen molar-refractivity contribution in [2.45, 2.75) is 22.2 Å². The summed E-state index contributed by atoms with van der Waals surface area (Å²) in [5.74, 6) is -7.53. The first-order valence-electron chi connectivity index (χ1n) is 7.92. The third kappa shape index (κ3) is 5.24. The van der Waals surface area contributed by atoms with E-state index in [1.165, 1.54) is 0 Å². The third-order valence-electron chi connectivity index (χ3n) is 3.65. The predicted molar refractivity (Wildman–Crippen MR) is 96.0 cm³/mol. The van der Waals surface area contributed by atoms with Gasteiger partial charge in [0, 0.05) is 22.7 Å². The zero-order valence-corrected chi connectivity index (χ0v) is 15.8. The molecule has 0 aliphatic rings. The van der Waals surface area contributed by atoms with Crippen LogP contribution in [0.1, 0.15) is 10.4 Å². The number of nitro benzene ring substituents is 2. The maximum atomic E-state index is 13.6. The molecule has 0 radical (unpaired) electrons. The lowest BCUT2D eigenvalue weighted by Crippen LogP contribution is -2.49. The number of thioether (sulfide) groups is 1. The molecule has 0 atom stereocenters. The molecule has 0 heterocycles. The molecule has 0 bridgehead atoms. The Bertz CT molecular complexity index is 1050. The first-order chi connectivity index (χ1) is 14.5. The van der Waals surface area contributed by atoms with Gasteiger partial charge < -0.3 is 5.32 Å². The number of benzene rings is 2. The molecule has 1 N–H and O–H groups in total. The number of nitrogens with zero attached hydrogens (tertiary/aromatic N) is 2. The molecule has 0 unspecified atom stereocenters. The molecule has 0 aliphatic heterocycles. The van der Waals surface area contributed by atoms with Crippen molar-refractivity contribution in [3.05, 3.63) is 68.3 Å². The molecule has 0 saturated carbocycles. The fraction of sp³-hybridized carbons (Fsp3) is 0.188. The number of carbonyl (C=O) groups is 1. The average molecular weight is 487 g/mol. The van der Waals surface area contributed by atoms with Crippen LogP contribution >= 0.6 is 11.8 Å². The summed E-state index contributed by atoms with van der Waals surface area (Å²) in [6, 6.07) is 5.37. The highest BCUT2D eigenvalue weighted by Crippen LogP contribution is 2.53. The molecule has 16 heteroatoms. The number of carbonyl (C=O) groups excluding carboxylic acids is 1. The average Bonchev–Trinajstić information content (AvgIpc) is 2.66. The Morgan fingerprint density at radius 3 is 1.88 bits per heavy atom. The SMILES string of the molecule is O=C(Nc1cccc(SC(F)(F)C(F)(F)C(F)(F)F)c1)c1cc([N+](=O)[O-])cc([N+](=O)[O-])c1. The zero-order valence-electron chi connectivity index (χ0n) is 15.0. The van der Waals surface area contributed by atoms with Gasteiger partial charge in [-0.3, -0.25) is 25.0 Å². The number of anilines is 1. The highest BCUT2D eigenvalue weighted by atomic mass is 32.2. The maximum absolute atomic E-state index is 13.6. The van der Waals surface area contributed by atoms with Gasteiger partial charge in [0.25, 0.3) is 17.3 Å². The minimum Gasteiger partial charge on any atom is -0.322 e. The number of halogens is 7. The van der Waals surface area contributed by atoms with E-state index in [4.69, 9.17) is 0 Å². The molecule has 172 valence electrons. The summed E-state index contributed by atoms with van der Waals surface area (Å²) < 4.78 is 90.0. The van der Waals surface area contributed by atoms with Crippen LogP contribution in [-0.2, 0) is 0 Å². The molecule has 0 spiro atoms. The topological polar surface area (TPSA) is 115 Å². The minimum absolute atomic E-state index is 0.361. The van der Waals surface area contributed by atoms with E-state index in [0.717, 1.165) is 18.2 Å². The van der Waals surface area contributed by atoms with Gasteiger partial charge >= 0.3 is 17.4 Å². The molecule has 8 nitrogen and oxygen atoms in total. The third-order valence-corrected chi connectivity index (χ3v) is 4.65. The normalized spacial score (nSPS) is 12.3. The van der Waals surface area contributed by atoms with Gasteiger partial charge in [-0.2, -0.15) is 30.7 Å². The number of amides is 1. The molecular formula is C16H8F7N3O5S. The lowest BCUT2D eigenvalue weighted by Gasteiger charge is -2.27. The van der Waals surface area contributed by atoms with E-state index in [1.54, 1.807) is 0 Å². The fourth-order valence-electron chi connectivity index (χ4n) is 2.15. The molecular weight excluding hydrogens is 479 g/mol. The van der Waals surface area contributed by atoms with Gasteiger partial charge in [0.1, 0.15) is 0 Å². The van der Waals surface area contributed by atoms with E-state index in [2.05, 4.69) is 0 Å². The Hall–Kier alpha value is -3.43. The predicted octanol–water partition coefficient (Wildman–Crippen LogP) is 5.64. The maximum Gasteiger partial charge on any atom is 0.460 e. The van der Waals surface area contributed by atoms with E-state index in [0.29, 0.717) is 24.3 Å². The number of nitro groups is 2. The number of hydrogen-bond donors (Lipinski definition) is 1. The molecule has 0 aliphatic carbocycles. The van der Waals surface area contributed by atoms with E-state index < -0.39 is 66.7 Å². The van der Waals surface area contributed by atoms with Gasteiger partial charge in [0.15, 0.2) is 0 Å². The van der Waals surface area contributed by atoms with Gasteiger partial charge in [-0.1, -0.05) is 6.07 Å². The highest BCUT2D eigenvalue weighted by Gasteiger charge is 2.73. The largest absolute Gasteiger partial charge is 0.460 e. The Labute approximate surface area is 176 Å². The first kappa shape index (κ1) is 24.8. The Kier molecular flexibility index (Phi) is 6.68. The van der Waals surface area contributed by atoms with Gasteiger partial charge in [0.05, 0.1) is 21.5 Å². The number of non-ortho nitro benzene ring substituents is 2. The molecule has 0 fully saturated rings. The van der Waals surface area contributed by atoms with Crippen LogP contribution in [0.4, 0.5) is 47.8 Å². The van der Waals surface area contributed by atoms with Gasteiger partial charge in [-0.15, -0.1) is 0 Å². The van der Waals surface area contributed by atoms with E-state index in [1.807, 2.05) is 5.32 Å². The first-order valence-corrected chi connectivity index (χ1v) is 8.73. The van der Waals surface area contributed by atoms with Crippen molar-refractivity contribution in [2.24, 2.45) is 0 Å². The van der Waals surface area contributed by atoms with Crippen molar-refractivity contribution in [1.82, 2.24) is 0 Å².